The Bertz CT molecular complexity index is 1170. The van der Waals surface area contributed by atoms with Crippen molar-refractivity contribution in [2.24, 2.45) is 0 Å². The van der Waals surface area contributed by atoms with Crippen molar-refractivity contribution in [3.05, 3.63) is 84.1 Å². The second-order valence-electron chi connectivity index (χ2n) is 8.57. The summed E-state index contributed by atoms with van der Waals surface area (Å²) in [6.07, 6.45) is 5.12. The Hall–Kier alpha value is -4.14. The molecule has 0 saturated heterocycles. The van der Waals surface area contributed by atoms with Gasteiger partial charge >= 0.3 is 0 Å². The zero-order valence-corrected chi connectivity index (χ0v) is 19.9. The highest BCUT2D eigenvalue weighted by molar-refractivity contribution is 6.04. The summed E-state index contributed by atoms with van der Waals surface area (Å²) in [5.74, 6) is -1.29. The number of rotatable bonds is 9. The molecule has 0 aliphatic heterocycles. The number of nitrogens with one attached hydrogen (secondary N) is 2. The van der Waals surface area contributed by atoms with E-state index < -0.39 is 23.7 Å². The van der Waals surface area contributed by atoms with Crippen LogP contribution < -0.4 is 20.3 Å². The average molecular weight is 494 g/mol. The van der Waals surface area contributed by atoms with Crippen LogP contribution in [0.4, 0.5) is 10.1 Å². The molecule has 2 N–H and O–H groups in total. The number of benzene rings is 2. The lowest BCUT2D eigenvalue weighted by Gasteiger charge is -2.32. The van der Waals surface area contributed by atoms with Crippen molar-refractivity contribution in [3.8, 4) is 5.75 Å². The van der Waals surface area contributed by atoms with Gasteiger partial charge in [-0.1, -0.05) is 25.0 Å². The molecule has 1 aromatic heterocycles. The first kappa shape index (κ1) is 25.0. The smallest absolute Gasteiger partial charge is 0.287 e. The van der Waals surface area contributed by atoms with Crippen molar-refractivity contribution in [1.29, 1.82) is 0 Å². The molecule has 8 nitrogen and oxygen atoms in total. The summed E-state index contributed by atoms with van der Waals surface area (Å²) < 4.78 is 24.1. The maximum Gasteiger partial charge on any atom is 0.287 e. The Kier molecular flexibility index (Phi) is 7.99. The number of methoxy groups -OCH3 is 1. The number of carbonyl (C=O) groups excluding carboxylic acids is 3. The van der Waals surface area contributed by atoms with E-state index in [1.54, 1.807) is 30.3 Å². The van der Waals surface area contributed by atoms with E-state index in [-0.39, 0.29) is 24.3 Å². The highest BCUT2D eigenvalue weighted by Gasteiger charge is 2.34. The molecule has 1 atom stereocenters. The first-order chi connectivity index (χ1) is 17.5. The molecule has 188 valence electrons. The van der Waals surface area contributed by atoms with E-state index in [9.17, 15) is 18.8 Å². The Morgan fingerprint density at radius 1 is 1.06 bits per heavy atom. The van der Waals surface area contributed by atoms with E-state index in [0.717, 1.165) is 25.7 Å². The molecular formula is C27H28FN3O5. The Morgan fingerprint density at radius 3 is 2.36 bits per heavy atom. The number of halogens is 1. The van der Waals surface area contributed by atoms with E-state index in [0.29, 0.717) is 17.0 Å². The van der Waals surface area contributed by atoms with Crippen LogP contribution in [-0.4, -0.2) is 37.4 Å². The van der Waals surface area contributed by atoms with Gasteiger partial charge in [-0.2, -0.15) is 0 Å². The number of amides is 3. The predicted octanol–water partition coefficient (Wildman–Crippen LogP) is 3.99. The summed E-state index contributed by atoms with van der Waals surface area (Å²) in [4.78, 5) is 40.9. The molecule has 0 radical (unpaired) electrons. The molecule has 3 amide bonds. The van der Waals surface area contributed by atoms with Gasteiger partial charge in [0.2, 0.25) is 11.8 Å². The summed E-state index contributed by atoms with van der Waals surface area (Å²) in [5, 5.41) is 5.60. The monoisotopic (exact) mass is 493 g/mol. The van der Waals surface area contributed by atoms with Crippen LogP contribution in [0.2, 0.25) is 0 Å². The van der Waals surface area contributed by atoms with E-state index in [2.05, 4.69) is 10.6 Å². The zero-order valence-electron chi connectivity index (χ0n) is 19.9. The number of hydrogen-bond acceptors (Lipinski definition) is 5. The fourth-order valence-electron chi connectivity index (χ4n) is 4.33. The lowest BCUT2D eigenvalue weighted by molar-refractivity contribution is -0.126. The van der Waals surface area contributed by atoms with Gasteiger partial charge in [0, 0.05) is 11.7 Å². The van der Waals surface area contributed by atoms with Crippen molar-refractivity contribution in [2.45, 2.75) is 37.8 Å². The number of ether oxygens (including phenoxy) is 1. The van der Waals surface area contributed by atoms with E-state index in [1.807, 2.05) is 0 Å². The third-order valence-electron chi connectivity index (χ3n) is 6.16. The van der Waals surface area contributed by atoms with Gasteiger partial charge in [0.25, 0.3) is 5.91 Å². The van der Waals surface area contributed by atoms with Gasteiger partial charge in [0.15, 0.2) is 5.76 Å². The van der Waals surface area contributed by atoms with Gasteiger partial charge in [-0.15, -0.1) is 0 Å². The zero-order chi connectivity index (χ0) is 25.5. The molecule has 0 bridgehead atoms. The molecule has 9 heteroatoms. The van der Waals surface area contributed by atoms with Gasteiger partial charge < -0.3 is 19.8 Å². The van der Waals surface area contributed by atoms with Crippen molar-refractivity contribution in [2.75, 3.05) is 18.6 Å². The molecule has 1 saturated carbocycles. The van der Waals surface area contributed by atoms with Crippen LogP contribution >= 0.6 is 0 Å². The Labute approximate surface area is 208 Å². The summed E-state index contributed by atoms with van der Waals surface area (Å²) >= 11 is 0. The fraction of sp³-hybridized carbons (Fsp3) is 0.296. The Balaban J connectivity index is 1.68. The van der Waals surface area contributed by atoms with Crippen LogP contribution in [0, 0.1) is 5.82 Å². The van der Waals surface area contributed by atoms with Gasteiger partial charge in [-0.3, -0.25) is 19.3 Å². The second kappa shape index (κ2) is 11.5. The van der Waals surface area contributed by atoms with Crippen molar-refractivity contribution < 1.29 is 27.9 Å². The molecule has 1 aliphatic rings. The molecule has 1 aliphatic carbocycles. The lowest BCUT2D eigenvalue weighted by atomic mass is 10.0. The number of nitrogens with zero attached hydrogens (tertiary/aromatic N) is 1. The molecular weight excluding hydrogens is 465 g/mol. The normalized spacial score (nSPS) is 14.2. The van der Waals surface area contributed by atoms with Gasteiger partial charge in [0.1, 0.15) is 17.6 Å². The predicted molar refractivity (Wildman–Crippen MR) is 131 cm³/mol. The molecule has 1 fully saturated rings. The lowest BCUT2D eigenvalue weighted by Crippen LogP contribution is -2.49. The van der Waals surface area contributed by atoms with Gasteiger partial charge in [-0.25, -0.2) is 4.39 Å². The minimum absolute atomic E-state index is 0.00641. The molecule has 4 rings (SSSR count). The maximum absolute atomic E-state index is 13.7. The molecule has 0 spiro atoms. The van der Waals surface area contributed by atoms with Gasteiger partial charge in [0.05, 0.1) is 19.9 Å². The van der Waals surface area contributed by atoms with E-state index in [1.165, 1.54) is 48.6 Å². The summed E-state index contributed by atoms with van der Waals surface area (Å²) in [7, 11) is 1.53. The Morgan fingerprint density at radius 2 is 1.75 bits per heavy atom. The van der Waals surface area contributed by atoms with Crippen LogP contribution in [0.1, 0.15) is 47.8 Å². The van der Waals surface area contributed by atoms with E-state index in [4.69, 9.17) is 9.15 Å². The molecule has 1 heterocycles. The maximum atomic E-state index is 13.7. The fourth-order valence-corrected chi connectivity index (χ4v) is 4.33. The second-order valence-corrected chi connectivity index (χ2v) is 8.57. The average Bonchev–Trinajstić information content (AvgIpc) is 3.61. The third kappa shape index (κ3) is 5.91. The third-order valence-corrected chi connectivity index (χ3v) is 6.16. The number of anilines is 1. The SMILES string of the molecule is COc1ccc(N(C(=O)CNC(=O)c2ccco2)[C@H](C(=O)NC2CCCC2)c2ccc(F)cc2)cc1. The van der Waals surface area contributed by atoms with Crippen molar-refractivity contribution in [1.82, 2.24) is 10.6 Å². The number of hydrogen-bond donors (Lipinski definition) is 2. The molecule has 36 heavy (non-hydrogen) atoms. The van der Waals surface area contributed by atoms with Crippen LogP contribution in [0.25, 0.3) is 0 Å². The van der Waals surface area contributed by atoms with Crippen LogP contribution in [-0.2, 0) is 9.59 Å². The first-order valence-corrected chi connectivity index (χ1v) is 11.8. The highest BCUT2D eigenvalue weighted by atomic mass is 19.1. The van der Waals surface area contributed by atoms with Crippen LogP contribution in [0.15, 0.2) is 71.3 Å². The standard InChI is InChI=1S/C27H28FN3O5/c1-35-22-14-12-21(13-15-22)31(24(32)17-29-26(33)23-7-4-16-36-23)25(18-8-10-19(28)11-9-18)27(34)30-20-5-2-3-6-20/h4,7-16,20,25H,2-3,5-6,17H2,1H3,(H,29,33)(H,30,34)/t25-/m0/s1. The first-order valence-electron chi connectivity index (χ1n) is 11.8. The highest BCUT2D eigenvalue weighted by Crippen LogP contribution is 2.30. The van der Waals surface area contributed by atoms with E-state index >= 15 is 0 Å². The summed E-state index contributed by atoms with van der Waals surface area (Å²) in [6, 6.07) is 14.1. The largest absolute Gasteiger partial charge is 0.497 e. The number of furan rings is 1. The summed E-state index contributed by atoms with van der Waals surface area (Å²) in [5.41, 5.74) is 0.859. The van der Waals surface area contributed by atoms with Gasteiger partial charge in [-0.05, 0) is 66.9 Å². The number of carbonyl (C=O) groups is 3. The van der Waals surface area contributed by atoms with Crippen LogP contribution in [0.5, 0.6) is 5.75 Å². The topological polar surface area (TPSA) is 101 Å². The molecule has 2 aromatic carbocycles. The molecule has 3 aromatic rings. The van der Waals surface area contributed by atoms with Crippen molar-refractivity contribution >= 4 is 23.4 Å². The minimum Gasteiger partial charge on any atom is -0.497 e. The minimum atomic E-state index is -1.09. The molecule has 0 unspecified atom stereocenters. The summed E-state index contributed by atoms with van der Waals surface area (Å²) in [6.45, 7) is -0.389. The van der Waals surface area contributed by atoms with Crippen molar-refractivity contribution in [3.63, 3.8) is 0 Å². The quantitative estimate of drug-likeness (QED) is 0.470. The van der Waals surface area contributed by atoms with Crippen LogP contribution in [0.3, 0.4) is 0 Å².